The van der Waals surface area contributed by atoms with Crippen LogP contribution in [0.25, 0.3) is 0 Å². The van der Waals surface area contributed by atoms with E-state index in [-0.39, 0.29) is 29.7 Å². The maximum atomic E-state index is 12.1. The SMILES string of the molecule is CN=C(NCCCN(C)c1ccccc1)N1CCS(=O)(=O)C(C)(C)C1.I. The van der Waals surface area contributed by atoms with E-state index in [1.54, 1.807) is 20.9 Å². The van der Waals surface area contributed by atoms with Crippen LogP contribution in [-0.4, -0.2) is 70.1 Å². The molecule has 2 rings (SSSR count). The first-order valence-corrected chi connectivity index (χ1v) is 10.4. The number of aliphatic imine (C=N–C) groups is 1. The number of nitrogens with zero attached hydrogens (tertiary/aromatic N) is 3. The lowest BCUT2D eigenvalue weighted by Crippen LogP contribution is -2.57. The van der Waals surface area contributed by atoms with Crippen molar-refractivity contribution < 1.29 is 8.42 Å². The summed E-state index contributed by atoms with van der Waals surface area (Å²) in [5.74, 6) is 0.961. The lowest BCUT2D eigenvalue weighted by atomic mass is 10.2. The molecule has 0 unspecified atom stereocenters. The number of para-hydroxylation sites is 1. The molecule has 1 saturated heterocycles. The highest BCUT2D eigenvalue weighted by molar-refractivity contribution is 14.0. The number of hydrogen-bond donors (Lipinski definition) is 1. The van der Waals surface area contributed by atoms with E-state index in [0.29, 0.717) is 13.1 Å². The number of anilines is 1. The van der Waals surface area contributed by atoms with Crippen molar-refractivity contribution in [1.82, 2.24) is 10.2 Å². The fourth-order valence-electron chi connectivity index (χ4n) is 2.98. The first kappa shape index (κ1) is 23.0. The van der Waals surface area contributed by atoms with Crippen LogP contribution in [0.5, 0.6) is 0 Å². The van der Waals surface area contributed by atoms with Crippen molar-refractivity contribution in [2.24, 2.45) is 4.99 Å². The minimum atomic E-state index is -3.03. The zero-order chi connectivity index (χ0) is 18.5. The smallest absolute Gasteiger partial charge is 0.193 e. The summed E-state index contributed by atoms with van der Waals surface area (Å²) in [6.07, 6.45) is 0.972. The van der Waals surface area contributed by atoms with Gasteiger partial charge in [-0.1, -0.05) is 18.2 Å². The second kappa shape index (κ2) is 9.77. The van der Waals surface area contributed by atoms with E-state index in [4.69, 9.17) is 0 Å². The Balaban J connectivity index is 0.00000338. The Kier molecular flexibility index (Phi) is 8.65. The number of benzene rings is 1. The van der Waals surface area contributed by atoms with Crippen molar-refractivity contribution >= 4 is 45.5 Å². The molecule has 1 aromatic rings. The molecule has 0 saturated carbocycles. The summed E-state index contributed by atoms with van der Waals surface area (Å²) in [6.45, 7) is 6.28. The minimum absolute atomic E-state index is 0. The topological polar surface area (TPSA) is 65.0 Å². The van der Waals surface area contributed by atoms with Crippen LogP contribution < -0.4 is 10.2 Å². The van der Waals surface area contributed by atoms with Gasteiger partial charge in [0, 0.05) is 46.0 Å². The maximum absolute atomic E-state index is 12.1. The van der Waals surface area contributed by atoms with E-state index in [2.05, 4.69) is 34.4 Å². The van der Waals surface area contributed by atoms with Gasteiger partial charge >= 0.3 is 0 Å². The van der Waals surface area contributed by atoms with Crippen LogP contribution in [0.15, 0.2) is 35.3 Å². The zero-order valence-corrected chi connectivity index (χ0v) is 19.3. The molecule has 148 valence electrons. The third-order valence-electron chi connectivity index (χ3n) is 4.71. The summed E-state index contributed by atoms with van der Waals surface area (Å²) < 4.78 is 23.5. The van der Waals surface area contributed by atoms with Crippen LogP contribution in [0.4, 0.5) is 5.69 Å². The van der Waals surface area contributed by atoms with E-state index < -0.39 is 14.6 Å². The third-order valence-corrected chi connectivity index (χ3v) is 7.24. The molecule has 8 heteroatoms. The minimum Gasteiger partial charge on any atom is -0.375 e. The highest BCUT2D eigenvalue weighted by Crippen LogP contribution is 2.23. The van der Waals surface area contributed by atoms with Crippen LogP contribution in [0, 0.1) is 0 Å². The molecule has 1 heterocycles. The highest BCUT2D eigenvalue weighted by atomic mass is 127. The van der Waals surface area contributed by atoms with Gasteiger partial charge in [-0.15, -0.1) is 24.0 Å². The van der Waals surface area contributed by atoms with Gasteiger partial charge in [0.1, 0.15) is 0 Å². The molecule has 1 aliphatic rings. The Labute approximate surface area is 175 Å². The molecule has 1 aromatic carbocycles. The Hall–Kier alpha value is -1.03. The van der Waals surface area contributed by atoms with E-state index >= 15 is 0 Å². The lowest BCUT2D eigenvalue weighted by Gasteiger charge is -2.39. The summed E-state index contributed by atoms with van der Waals surface area (Å²) in [6, 6.07) is 10.3. The number of hydrogen-bond acceptors (Lipinski definition) is 4. The molecule has 0 radical (unpaired) electrons. The van der Waals surface area contributed by atoms with E-state index in [0.717, 1.165) is 25.5 Å². The van der Waals surface area contributed by atoms with Gasteiger partial charge in [0.2, 0.25) is 0 Å². The zero-order valence-electron chi connectivity index (χ0n) is 16.1. The molecule has 6 nitrogen and oxygen atoms in total. The van der Waals surface area contributed by atoms with Crippen molar-refractivity contribution in [3.63, 3.8) is 0 Å². The van der Waals surface area contributed by atoms with E-state index in [1.165, 1.54) is 5.69 Å². The average Bonchev–Trinajstić information content (AvgIpc) is 2.58. The van der Waals surface area contributed by atoms with E-state index in [1.807, 2.05) is 23.1 Å². The van der Waals surface area contributed by atoms with Crippen molar-refractivity contribution in [3.8, 4) is 0 Å². The van der Waals surface area contributed by atoms with Gasteiger partial charge < -0.3 is 15.1 Å². The third kappa shape index (κ3) is 5.73. The fourth-order valence-corrected chi connectivity index (χ4v) is 4.35. The molecule has 0 bridgehead atoms. The summed E-state index contributed by atoms with van der Waals surface area (Å²) in [7, 11) is 0.796. The molecule has 1 aliphatic heterocycles. The Bertz CT molecular complexity index is 692. The summed E-state index contributed by atoms with van der Waals surface area (Å²) >= 11 is 0. The molecule has 0 aliphatic carbocycles. The first-order chi connectivity index (χ1) is 11.8. The fraction of sp³-hybridized carbons (Fsp3) is 0.611. The predicted molar refractivity (Wildman–Crippen MR) is 121 cm³/mol. The number of rotatable bonds is 5. The molecule has 0 aromatic heterocycles. The normalized spacial score (nSPS) is 18.8. The molecule has 26 heavy (non-hydrogen) atoms. The standard InChI is InChI=1S/C18H30N4O2S.HI/c1-18(2)15-22(13-14-25(18,23)24)17(19-3)20-11-8-12-21(4)16-9-6-5-7-10-16;/h5-7,9-10H,8,11-15H2,1-4H3,(H,19,20);1H. The van der Waals surface area contributed by atoms with Crippen molar-refractivity contribution in [1.29, 1.82) is 0 Å². The predicted octanol–water partition coefficient (Wildman–Crippen LogP) is 2.22. The Morgan fingerprint density at radius 3 is 2.54 bits per heavy atom. The van der Waals surface area contributed by atoms with E-state index in [9.17, 15) is 8.42 Å². The Morgan fingerprint density at radius 2 is 1.96 bits per heavy atom. The van der Waals surface area contributed by atoms with Gasteiger partial charge in [-0.25, -0.2) is 8.42 Å². The molecule has 0 amide bonds. The molecule has 1 fully saturated rings. The van der Waals surface area contributed by atoms with Gasteiger partial charge in [-0.05, 0) is 32.4 Å². The van der Waals surface area contributed by atoms with Crippen LogP contribution in [0.3, 0.4) is 0 Å². The first-order valence-electron chi connectivity index (χ1n) is 8.71. The summed E-state index contributed by atoms with van der Waals surface area (Å²) in [5, 5.41) is 3.37. The van der Waals surface area contributed by atoms with Crippen molar-refractivity contribution in [2.45, 2.75) is 25.0 Å². The van der Waals surface area contributed by atoms with Gasteiger partial charge in [0.25, 0.3) is 0 Å². The second-order valence-electron chi connectivity index (χ2n) is 7.08. The van der Waals surface area contributed by atoms with Gasteiger partial charge in [0.15, 0.2) is 15.8 Å². The lowest BCUT2D eigenvalue weighted by molar-refractivity contribution is 0.353. The molecular formula is C18H31IN4O2S. The average molecular weight is 494 g/mol. The van der Waals surface area contributed by atoms with Crippen LogP contribution in [0.1, 0.15) is 20.3 Å². The maximum Gasteiger partial charge on any atom is 0.193 e. The summed E-state index contributed by atoms with van der Waals surface area (Å²) in [4.78, 5) is 8.59. The number of halogens is 1. The quantitative estimate of drug-likeness (QED) is 0.295. The second-order valence-corrected chi connectivity index (χ2v) is 9.83. The highest BCUT2D eigenvalue weighted by Gasteiger charge is 2.40. The van der Waals surface area contributed by atoms with Gasteiger partial charge in [-0.3, -0.25) is 4.99 Å². The molecular weight excluding hydrogens is 463 g/mol. The van der Waals surface area contributed by atoms with Crippen molar-refractivity contribution in [2.75, 3.05) is 50.9 Å². The summed E-state index contributed by atoms with van der Waals surface area (Å²) in [5.41, 5.74) is 1.20. The molecule has 0 atom stereocenters. The van der Waals surface area contributed by atoms with Gasteiger partial charge in [0.05, 0.1) is 10.5 Å². The van der Waals surface area contributed by atoms with Gasteiger partial charge in [-0.2, -0.15) is 0 Å². The van der Waals surface area contributed by atoms with Crippen LogP contribution in [-0.2, 0) is 9.84 Å². The number of guanidine groups is 1. The van der Waals surface area contributed by atoms with Crippen molar-refractivity contribution in [3.05, 3.63) is 30.3 Å². The number of sulfone groups is 1. The number of nitrogens with one attached hydrogen (secondary N) is 1. The monoisotopic (exact) mass is 494 g/mol. The van der Waals surface area contributed by atoms with Crippen LogP contribution >= 0.6 is 24.0 Å². The Morgan fingerprint density at radius 1 is 1.31 bits per heavy atom. The molecule has 1 N–H and O–H groups in total. The largest absolute Gasteiger partial charge is 0.375 e. The van der Waals surface area contributed by atoms with Crippen LogP contribution in [0.2, 0.25) is 0 Å². The molecule has 0 spiro atoms.